The molecule has 1 saturated heterocycles. The standard InChI is InChI=1S/C23H26N2O4/c24-16-21(27)20(26)15-22(28)25-12-7-13-29-23(25)14-19(17-8-3-1-4-9-17)18-10-5-2-6-11-18/h1-6,8-11,15-16,19,21,23-24,26-27H,7,12-14H2/b20-15-,24-16?. The topological polar surface area (TPSA) is 93.8 Å². The fourth-order valence-electron chi connectivity index (χ4n) is 3.55. The SMILES string of the molecule is N=CC(O)/C(O)=C/C(=O)N1CCCOC1CC(c1ccccc1)c1ccccc1. The van der Waals surface area contributed by atoms with Gasteiger partial charge in [-0.15, -0.1) is 0 Å². The third-order valence-corrected chi connectivity index (χ3v) is 5.06. The van der Waals surface area contributed by atoms with Gasteiger partial charge in [0.05, 0.1) is 6.61 Å². The predicted octanol–water partition coefficient (Wildman–Crippen LogP) is 3.24. The molecule has 152 valence electrons. The molecule has 6 heteroatoms. The first kappa shape index (κ1) is 20.8. The number of aliphatic hydroxyl groups excluding tert-OH is 2. The fourth-order valence-corrected chi connectivity index (χ4v) is 3.55. The number of nitrogens with zero attached hydrogens (tertiary/aromatic N) is 1. The Morgan fingerprint density at radius 2 is 1.72 bits per heavy atom. The van der Waals surface area contributed by atoms with Crippen molar-refractivity contribution in [3.63, 3.8) is 0 Å². The van der Waals surface area contributed by atoms with E-state index in [1.807, 2.05) is 36.4 Å². The highest BCUT2D eigenvalue weighted by Gasteiger charge is 2.30. The lowest BCUT2D eigenvalue weighted by molar-refractivity contribution is -0.151. The molecule has 1 aliphatic heterocycles. The normalized spacial score (nSPS) is 18.5. The lowest BCUT2D eigenvalue weighted by Crippen LogP contribution is -2.46. The van der Waals surface area contributed by atoms with Gasteiger partial charge in [0.25, 0.3) is 5.91 Å². The van der Waals surface area contributed by atoms with Gasteiger partial charge in [-0.3, -0.25) is 4.79 Å². The Labute approximate surface area is 170 Å². The van der Waals surface area contributed by atoms with Crippen LogP contribution in [0.25, 0.3) is 0 Å². The molecule has 2 aromatic rings. The minimum absolute atomic E-state index is 0.0422. The predicted molar refractivity (Wildman–Crippen MR) is 111 cm³/mol. The van der Waals surface area contributed by atoms with Crippen molar-refractivity contribution in [3.8, 4) is 0 Å². The van der Waals surface area contributed by atoms with Gasteiger partial charge in [-0.05, 0) is 17.5 Å². The first-order valence-electron chi connectivity index (χ1n) is 9.71. The first-order chi connectivity index (χ1) is 14.1. The highest BCUT2D eigenvalue weighted by Crippen LogP contribution is 2.32. The molecule has 1 amide bonds. The Kier molecular flexibility index (Phi) is 7.16. The average Bonchev–Trinajstić information content (AvgIpc) is 2.78. The monoisotopic (exact) mass is 394 g/mol. The minimum Gasteiger partial charge on any atom is -0.509 e. The van der Waals surface area contributed by atoms with Gasteiger partial charge in [0.1, 0.15) is 18.1 Å². The van der Waals surface area contributed by atoms with Gasteiger partial charge < -0.3 is 25.3 Å². The Morgan fingerprint density at radius 3 is 2.28 bits per heavy atom. The number of carbonyl (C=O) groups excluding carboxylic acids is 1. The van der Waals surface area contributed by atoms with E-state index in [9.17, 15) is 15.0 Å². The summed E-state index contributed by atoms with van der Waals surface area (Å²) in [5, 5.41) is 26.4. The van der Waals surface area contributed by atoms with Crippen LogP contribution < -0.4 is 0 Å². The molecule has 0 aliphatic carbocycles. The fraction of sp³-hybridized carbons (Fsp3) is 0.304. The van der Waals surface area contributed by atoms with Gasteiger partial charge in [-0.1, -0.05) is 60.7 Å². The van der Waals surface area contributed by atoms with Crippen molar-refractivity contribution in [1.82, 2.24) is 4.90 Å². The Hall–Kier alpha value is -2.96. The summed E-state index contributed by atoms with van der Waals surface area (Å²) in [4.78, 5) is 14.3. The van der Waals surface area contributed by atoms with E-state index >= 15 is 0 Å². The van der Waals surface area contributed by atoms with Crippen molar-refractivity contribution in [1.29, 1.82) is 5.41 Å². The number of aliphatic hydroxyl groups is 2. The van der Waals surface area contributed by atoms with E-state index in [4.69, 9.17) is 10.1 Å². The van der Waals surface area contributed by atoms with Crippen molar-refractivity contribution in [2.75, 3.05) is 13.2 Å². The van der Waals surface area contributed by atoms with Crippen molar-refractivity contribution < 1.29 is 19.7 Å². The van der Waals surface area contributed by atoms with Crippen molar-refractivity contribution in [2.45, 2.75) is 31.1 Å². The van der Waals surface area contributed by atoms with E-state index < -0.39 is 24.0 Å². The third-order valence-electron chi connectivity index (χ3n) is 5.06. The zero-order valence-electron chi connectivity index (χ0n) is 16.1. The zero-order valence-corrected chi connectivity index (χ0v) is 16.1. The van der Waals surface area contributed by atoms with Gasteiger partial charge in [0.2, 0.25) is 0 Å². The second-order valence-electron chi connectivity index (χ2n) is 7.00. The van der Waals surface area contributed by atoms with Crippen LogP contribution in [0.3, 0.4) is 0 Å². The zero-order chi connectivity index (χ0) is 20.6. The molecule has 1 fully saturated rings. The third kappa shape index (κ3) is 5.31. The van der Waals surface area contributed by atoms with Crippen LogP contribution in [0.2, 0.25) is 0 Å². The molecule has 1 aliphatic rings. The number of amides is 1. The number of ether oxygens (including phenoxy) is 1. The van der Waals surface area contributed by atoms with E-state index in [2.05, 4.69) is 24.3 Å². The van der Waals surface area contributed by atoms with Crippen molar-refractivity contribution in [3.05, 3.63) is 83.6 Å². The van der Waals surface area contributed by atoms with Crippen LogP contribution in [0.4, 0.5) is 0 Å². The van der Waals surface area contributed by atoms with Crippen molar-refractivity contribution in [2.24, 2.45) is 0 Å². The summed E-state index contributed by atoms with van der Waals surface area (Å²) in [6.07, 6.45) is 0.973. The second kappa shape index (κ2) is 10.0. The van der Waals surface area contributed by atoms with E-state index in [0.717, 1.165) is 17.2 Å². The number of benzene rings is 2. The van der Waals surface area contributed by atoms with E-state index in [-0.39, 0.29) is 5.92 Å². The van der Waals surface area contributed by atoms with Crippen LogP contribution in [0, 0.1) is 5.41 Å². The van der Waals surface area contributed by atoms with Crippen LogP contribution in [-0.4, -0.2) is 52.7 Å². The van der Waals surface area contributed by atoms with Crippen LogP contribution in [0.1, 0.15) is 29.9 Å². The van der Waals surface area contributed by atoms with E-state index in [1.165, 1.54) is 0 Å². The molecule has 2 atom stereocenters. The van der Waals surface area contributed by atoms with Gasteiger partial charge in [-0.2, -0.15) is 0 Å². The summed E-state index contributed by atoms with van der Waals surface area (Å²) in [5.41, 5.74) is 2.27. The molecule has 3 N–H and O–H groups in total. The largest absolute Gasteiger partial charge is 0.509 e. The molecule has 0 radical (unpaired) electrons. The number of rotatable bonds is 7. The summed E-state index contributed by atoms with van der Waals surface area (Å²) in [7, 11) is 0. The lowest BCUT2D eigenvalue weighted by Gasteiger charge is -2.37. The quantitative estimate of drug-likeness (QED) is 0.382. The average molecular weight is 394 g/mol. The van der Waals surface area contributed by atoms with E-state index in [1.54, 1.807) is 4.90 Å². The van der Waals surface area contributed by atoms with Crippen LogP contribution in [-0.2, 0) is 9.53 Å². The molecule has 1 heterocycles. The smallest absolute Gasteiger partial charge is 0.252 e. The first-order valence-corrected chi connectivity index (χ1v) is 9.71. The Morgan fingerprint density at radius 1 is 1.14 bits per heavy atom. The second-order valence-corrected chi connectivity index (χ2v) is 7.00. The van der Waals surface area contributed by atoms with Gasteiger partial charge in [-0.25, -0.2) is 0 Å². The molecule has 2 aromatic carbocycles. The van der Waals surface area contributed by atoms with Crippen LogP contribution >= 0.6 is 0 Å². The van der Waals surface area contributed by atoms with Crippen LogP contribution in [0.5, 0.6) is 0 Å². The maximum absolute atomic E-state index is 12.7. The number of nitrogens with one attached hydrogen (secondary N) is 1. The Bertz CT molecular complexity index is 799. The summed E-state index contributed by atoms with van der Waals surface area (Å²) in [6, 6.07) is 20.2. The molecule has 0 spiro atoms. The molecule has 2 unspecified atom stereocenters. The molecule has 3 rings (SSSR count). The maximum atomic E-state index is 12.7. The molecule has 6 nitrogen and oxygen atoms in total. The molecule has 0 saturated carbocycles. The van der Waals surface area contributed by atoms with E-state index in [0.29, 0.717) is 32.2 Å². The van der Waals surface area contributed by atoms with Gasteiger partial charge in [0.15, 0.2) is 0 Å². The minimum atomic E-state index is -1.48. The summed E-state index contributed by atoms with van der Waals surface area (Å²) in [6.45, 7) is 1.06. The molecular weight excluding hydrogens is 368 g/mol. The molecule has 29 heavy (non-hydrogen) atoms. The Balaban J connectivity index is 1.85. The highest BCUT2D eigenvalue weighted by atomic mass is 16.5. The lowest BCUT2D eigenvalue weighted by atomic mass is 9.87. The molecule has 0 aromatic heterocycles. The van der Waals surface area contributed by atoms with Gasteiger partial charge >= 0.3 is 0 Å². The van der Waals surface area contributed by atoms with Gasteiger partial charge in [0, 0.05) is 31.2 Å². The highest BCUT2D eigenvalue weighted by molar-refractivity contribution is 5.89. The molecular formula is C23H26N2O4. The maximum Gasteiger partial charge on any atom is 0.252 e. The number of hydrogen-bond acceptors (Lipinski definition) is 5. The summed E-state index contributed by atoms with van der Waals surface area (Å²) >= 11 is 0. The summed E-state index contributed by atoms with van der Waals surface area (Å²) in [5.74, 6) is -0.939. The molecule has 0 bridgehead atoms. The number of carbonyl (C=O) groups is 1. The van der Waals surface area contributed by atoms with Crippen molar-refractivity contribution >= 4 is 12.1 Å². The number of hydrogen-bond donors (Lipinski definition) is 3. The summed E-state index contributed by atoms with van der Waals surface area (Å²) < 4.78 is 5.94. The van der Waals surface area contributed by atoms with Crippen LogP contribution in [0.15, 0.2) is 72.5 Å².